The van der Waals surface area contributed by atoms with Gasteiger partial charge in [0.05, 0.1) is 17.7 Å². The second-order valence-electron chi connectivity index (χ2n) is 4.89. The lowest BCUT2D eigenvalue weighted by Gasteiger charge is -2.12. The molecule has 1 aliphatic heterocycles. The minimum Gasteiger partial charge on any atom is -0.266 e. The van der Waals surface area contributed by atoms with Gasteiger partial charge in [0.25, 0.3) is 11.8 Å². The Kier molecular flexibility index (Phi) is 4.12. The first-order chi connectivity index (χ1) is 10.8. The Morgan fingerprint density at radius 2 is 1.45 bits per heavy atom. The number of hydrogen-bond acceptors (Lipinski definition) is 3. The fourth-order valence-electron chi connectivity index (χ4n) is 2.28. The minimum absolute atomic E-state index is 0.273. The number of hydroxylamine groups is 2. The van der Waals surface area contributed by atoms with Crippen molar-refractivity contribution in [1.29, 1.82) is 0 Å². The van der Waals surface area contributed by atoms with Gasteiger partial charge in [-0.3, -0.25) is 14.4 Å². The molecule has 0 aromatic heterocycles. The molecule has 0 bridgehead atoms. The predicted octanol–water partition coefficient (Wildman–Crippen LogP) is 3.32. The van der Waals surface area contributed by atoms with Crippen molar-refractivity contribution in [2.24, 2.45) is 0 Å². The van der Waals surface area contributed by atoms with Crippen LogP contribution in [0.25, 0.3) is 6.08 Å². The van der Waals surface area contributed by atoms with Gasteiger partial charge in [0, 0.05) is 0 Å². The van der Waals surface area contributed by atoms with Gasteiger partial charge in [-0.1, -0.05) is 54.6 Å². The highest BCUT2D eigenvalue weighted by Gasteiger charge is 2.36. The Morgan fingerprint density at radius 1 is 0.864 bits per heavy atom. The Hall–Kier alpha value is -2.72. The summed E-state index contributed by atoms with van der Waals surface area (Å²) < 4.78 is 0. The van der Waals surface area contributed by atoms with Gasteiger partial charge in [-0.2, -0.15) is 0 Å². The van der Waals surface area contributed by atoms with Crippen LogP contribution in [0.15, 0.2) is 60.7 Å². The van der Waals surface area contributed by atoms with Gasteiger partial charge in [0.15, 0.2) is 0 Å². The lowest BCUT2D eigenvalue weighted by atomic mass is 10.1. The highest BCUT2D eigenvalue weighted by atomic mass is 16.7. The molecular formula is C18H15NO3. The van der Waals surface area contributed by atoms with Crippen LogP contribution in [0, 0.1) is 0 Å². The van der Waals surface area contributed by atoms with Crippen molar-refractivity contribution in [1.82, 2.24) is 5.06 Å². The number of rotatable bonds is 5. The Balaban J connectivity index is 1.54. The van der Waals surface area contributed by atoms with E-state index in [-0.39, 0.29) is 6.61 Å². The molecule has 1 aliphatic rings. The van der Waals surface area contributed by atoms with Gasteiger partial charge in [0.1, 0.15) is 0 Å². The topological polar surface area (TPSA) is 46.6 Å². The third-order valence-electron chi connectivity index (χ3n) is 3.37. The summed E-state index contributed by atoms with van der Waals surface area (Å²) in [7, 11) is 0. The van der Waals surface area contributed by atoms with Crippen molar-refractivity contribution in [3.05, 3.63) is 77.4 Å². The van der Waals surface area contributed by atoms with E-state index in [0.717, 1.165) is 10.6 Å². The molecular weight excluding hydrogens is 278 g/mol. The van der Waals surface area contributed by atoms with Crippen LogP contribution in [0.4, 0.5) is 0 Å². The fraction of sp³-hybridized carbons (Fsp3) is 0.111. The molecule has 4 heteroatoms. The van der Waals surface area contributed by atoms with E-state index >= 15 is 0 Å². The minimum atomic E-state index is -0.396. The Bertz CT molecular complexity index is 687. The summed E-state index contributed by atoms with van der Waals surface area (Å²) in [5, 5.41) is 0.848. The second-order valence-corrected chi connectivity index (χ2v) is 4.89. The smallest absolute Gasteiger partial charge is 0.266 e. The van der Waals surface area contributed by atoms with Gasteiger partial charge in [-0.15, -0.1) is 5.06 Å². The first kappa shape index (κ1) is 14.2. The molecule has 2 aromatic rings. The predicted molar refractivity (Wildman–Crippen MR) is 83.0 cm³/mol. The SMILES string of the molecule is O=C1c2ccccc2C(=O)N1OCCC=Cc1ccccc1. The van der Waals surface area contributed by atoms with Gasteiger partial charge in [-0.25, -0.2) is 0 Å². The lowest BCUT2D eigenvalue weighted by molar-refractivity contribution is -0.0896. The molecule has 0 saturated heterocycles. The molecule has 3 rings (SSSR count). The first-order valence-electron chi connectivity index (χ1n) is 7.10. The van der Waals surface area contributed by atoms with Crippen molar-refractivity contribution in [3.63, 3.8) is 0 Å². The van der Waals surface area contributed by atoms with E-state index < -0.39 is 11.8 Å². The van der Waals surface area contributed by atoms with E-state index in [1.165, 1.54) is 0 Å². The maximum absolute atomic E-state index is 12.1. The third kappa shape index (κ3) is 2.82. The quantitative estimate of drug-likeness (QED) is 0.627. The Labute approximate surface area is 128 Å². The normalized spacial score (nSPS) is 13.9. The van der Waals surface area contributed by atoms with Crippen LogP contribution in [-0.2, 0) is 4.84 Å². The summed E-state index contributed by atoms with van der Waals surface area (Å²) in [6, 6.07) is 16.6. The molecule has 0 unspecified atom stereocenters. The molecule has 0 fully saturated rings. The number of carbonyl (C=O) groups is 2. The number of hydrogen-bond donors (Lipinski definition) is 0. The van der Waals surface area contributed by atoms with Gasteiger partial charge in [-0.05, 0) is 24.1 Å². The average Bonchev–Trinajstić information content (AvgIpc) is 2.81. The van der Waals surface area contributed by atoms with Crippen molar-refractivity contribution in [2.45, 2.75) is 6.42 Å². The van der Waals surface area contributed by atoms with E-state index in [1.54, 1.807) is 24.3 Å². The molecule has 0 spiro atoms. The molecule has 0 saturated carbocycles. The first-order valence-corrected chi connectivity index (χ1v) is 7.10. The standard InChI is InChI=1S/C18H15NO3/c20-17-15-11-4-5-12-16(15)18(21)19(17)22-13-7-6-10-14-8-2-1-3-9-14/h1-6,8-12H,7,13H2. The molecule has 4 nitrogen and oxygen atoms in total. The van der Waals surface area contributed by atoms with Gasteiger partial charge >= 0.3 is 0 Å². The summed E-state index contributed by atoms with van der Waals surface area (Å²) in [5.41, 5.74) is 1.89. The fourth-order valence-corrected chi connectivity index (χ4v) is 2.28. The monoisotopic (exact) mass is 293 g/mol. The van der Waals surface area contributed by atoms with Crippen LogP contribution in [-0.4, -0.2) is 23.5 Å². The zero-order chi connectivity index (χ0) is 15.4. The van der Waals surface area contributed by atoms with E-state index in [4.69, 9.17) is 4.84 Å². The van der Waals surface area contributed by atoms with Crippen LogP contribution in [0.2, 0.25) is 0 Å². The van der Waals surface area contributed by atoms with Crippen molar-refractivity contribution >= 4 is 17.9 Å². The molecule has 2 amide bonds. The van der Waals surface area contributed by atoms with Crippen LogP contribution in [0.1, 0.15) is 32.7 Å². The maximum Gasteiger partial charge on any atom is 0.285 e. The molecule has 22 heavy (non-hydrogen) atoms. The molecule has 0 N–H and O–H groups in total. The molecule has 110 valence electrons. The molecule has 0 aliphatic carbocycles. The van der Waals surface area contributed by atoms with Crippen LogP contribution >= 0.6 is 0 Å². The number of benzene rings is 2. The van der Waals surface area contributed by atoms with Crippen molar-refractivity contribution in [3.8, 4) is 0 Å². The number of amides is 2. The average molecular weight is 293 g/mol. The van der Waals surface area contributed by atoms with E-state index in [0.29, 0.717) is 17.5 Å². The summed E-state index contributed by atoms with van der Waals surface area (Å²) in [6.07, 6.45) is 4.54. The van der Waals surface area contributed by atoms with Crippen LogP contribution in [0.5, 0.6) is 0 Å². The number of nitrogens with zero attached hydrogens (tertiary/aromatic N) is 1. The third-order valence-corrected chi connectivity index (χ3v) is 3.37. The highest BCUT2D eigenvalue weighted by Crippen LogP contribution is 2.22. The molecule has 0 atom stereocenters. The molecule has 1 heterocycles. The van der Waals surface area contributed by atoms with Crippen LogP contribution in [0.3, 0.4) is 0 Å². The summed E-state index contributed by atoms with van der Waals surface area (Å²) in [5.74, 6) is -0.791. The molecule has 0 radical (unpaired) electrons. The molecule has 2 aromatic carbocycles. The second kappa shape index (κ2) is 6.37. The van der Waals surface area contributed by atoms with Crippen molar-refractivity contribution < 1.29 is 14.4 Å². The number of imide groups is 1. The van der Waals surface area contributed by atoms with Crippen LogP contribution < -0.4 is 0 Å². The maximum atomic E-state index is 12.1. The summed E-state index contributed by atoms with van der Waals surface area (Å²) in [4.78, 5) is 29.4. The summed E-state index contributed by atoms with van der Waals surface area (Å²) in [6.45, 7) is 0.273. The largest absolute Gasteiger partial charge is 0.285 e. The number of fused-ring (bicyclic) bond motifs is 1. The lowest BCUT2D eigenvalue weighted by Crippen LogP contribution is -2.30. The highest BCUT2D eigenvalue weighted by molar-refractivity contribution is 6.20. The van der Waals surface area contributed by atoms with Crippen molar-refractivity contribution in [2.75, 3.05) is 6.61 Å². The van der Waals surface area contributed by atoms with Gasteiger partial charge in [0.2, 0.25) is 0 Å². The van der Waals surface area contributed by atoms with Gasteiger partial charge < -0.3 is 0 Å². The van der Waals surface area contributed by atoms with E-state index in [9.17, 15) is 9.59 Å². The zero-order valence-electron chi connectivity index (χ0n) is 11.9. The number of carbonyl (C=O) groups excluding carboxylic acids is 2. The van der Waals surface area contributed by atoms with E-state index in [2.05, 4.69) is 0 Å². The van der Waals surface area contributed by atoms with E-state index in [1.807, 2.05) is 42.5 Å². The Morgan fingerprint density at radius 3 is 2.09 bits per heavy atom. The zero-order valence-corrected chi connectivity index (χ0v) is 11.9. The summed E-state index contributed by atoms with van der Waals surface area (Å²) >= 11 is 0.